The third-order valence-electron chi connectivity index (χ3n) is 3.82. The summed E-state index contributed by atoms with van der Waals surface area (Å²) in [6, 6.07) is 7.96. The Labute approximate surface area is 164 Å². The number of hydrogen-bond donors (Lipinski definition) is 2. The fourth-order valence-electron chi connectivity index (χ4n) is 2.47. The highest BCUT2D eigenvalue weighted by atomic mass is 35.5. The monoisotopic (exact) mass is 394 g/mol. The van der Waals surface area contributed by atoms with Crippen LogP contribution in [0.15, 0.2) is 35.6 Å². The smallest absolute Gasteiger partial charge is 0.191 e. The maximum Gasteiger partial charge on any atom is 0.191 e. The van der Waals surface area contributed by atoms with Gasteiger partial charge in [0.05, 0.1) is 6.54 Å². The molecule has 1 aromatic heterocycles. The first kappa shape index (κ1) is 20.6. The van der Waals surface area contributed by atoms with Crippen molar-refractivity contribution in [2.45, 2.75) is 26.3 Å². The van der Waals surface area contributed by atoms with Crippen LogP contribution in [-0.2, 0) is 19.4 Å². The molecule has 0 bridgehead atoms. The van der Waals surface area contributed by atoms with Crippen molar-refractivity contribution in [1.29, 1.82) is 0 Å². The zero-order valence-electron chi connectivity index (χ0n) is 15.4. The van der Waals surface area contributed by atoms with Gasteiger partial charge in [0, 0.05) is 36.8 Å². The summed E-state index contributed by atoms with van der Waals surface area (Å²) >= 11 is 7.84. The third-order valence-corrected chi connectivity index (χ3v) is 4.64. The van der Waals surface area contributed by atoms with Gasteiger partial charge in [0.2, 0.25) is 0 Å². The van der Waals surface area contributed by atoms with E-state index in [-0.39, 0.29) is 0 Å². The molecule has 0 saturated heterocycles. The molecule has 8 heteroatoms. The predicted octanol–water partition coefficient (Wildman–Crippen LogP) is 2.63. The van der Waals surface area contributed by atoms with E-state index in [9.17, 15) is 0 Å². The molecule has 0 unspecified atom stereocenters. The van der Waals surface area contributed by atoms with E-state index in [4.69, 9.17) is 11.6 Å². The van der Waals surface area contributed by atoms with Gasteiger partial charge >= 0.3 is 0 Å². The largest absolute Gasteiger partial charge is 0.356 e. The van der Waals surface area contributed by atoms with Crippen molar-refractivity contribution in [3.8, 4) is 0 Å². The molecule has 2 N–H and O–H groups in total. The van der Waals surface area contributed by atoms with Crippen LogP contribution in [0.2, 0.25) is 5.02 Å². The molecule has 0 spiro atoms. The van der Waals surface area contributed by atoms with Crippen molar-refractivity contribution in [2.75, 3.05) is 31.6 Å². The third kappa shape index (κ3) is 7.25. The number of thioether (sulfide) groups is 1. The molecule has 142 valence electrons. The Bertz CT molecular complexity index is 688. The van der Waals surface area contributed by atoms with Crippen LogP contribution < -0.4 is 10.6 Å². The number of nitrogens with one attached hydrogen (secondary N) is 2. The van der Waals surface area contributed by atoms with Crippen molar-refractivity contribution >= 4 is 29.3 Å². The molecular formula is C18H27ClN6S. The maximum atomic E-state index is 6.04. The minimum Gasteiger partial charge on any atom is -0.356 e. The molecule has 0 amide bonds. The van der Waals surface area contributed by atoms with Crippen LogP contribution in [-0.4, -0.2) is 52.4 Å². The Morgan fingerprint density at radius 2 is 2.15 bits per heavy atom. The van der Waals surface area contributed by atoms with E-state index >= 15 is 0 Å². The van der Waals surface area contributed by atoms with Crippen molar-refractivity contribution < 1.29 is 0 Å². The molecule has 2 aromatic rings. The van der Waals surface area contributed by atoms with Crippen molar-refractivity contribution in [3.05, 3.63) is 47.0 Å². The highest BCUT2D eigenvalue weighted by molar-refractivity contribution is 7.98. The van der Waals surface area contributed by atoms with Crippen LogP contribution in [0.1, 0.15) is 18.3 Å². The maximum absolute atomic E-state index is 6.04. The molecule has 0 aliphatic rings. The van der Waals surface area contributed by atoms with Gasteiger partial charge in [-0.05, 0) is 30.4 Å². The van der Waals surface area contributed by atoms with Crippen LogP contribution in [0.4, 0.5) is 0 Å². The lowest BCUT2D eigenvalue weighted by Crippen LogP contribution is -2.40. The van der Waals surface area contributed by atoms with Gasteiger partial charge in [-0.25, -0.2) is 0 Å². The SMILES string of the molecule is CCc1nncn1CCNC(=NCCSC)NCCc1cccc(Cl)c1. The van der Waals surface area contributed by atoms with Gasteiger partial charge in [-0.1, -0.05) is 30.7 Å². The predicted molar refractivity (Wildman–Crippen MR) is 111 cm³/mol. The van der Waals surface area contributed by atoms with Crippen LogP contribution in [0, 0.1) is 0 Å². The number of nitrogens with zero attached hydrogens (tertiary/aromatic N) is 4. The second kappa shape index (κ2) is 11.8. The number of aromatic nitrogens is 3. The van der Waals surface area contributed by atoms with Crippen molar-refractivity contribution in [1.82, 2.24) is 25.4 Å². The fourth-order valence-corrected chi connectivity index (χ4v) is 2.96. The van der Waals surface area contributed by atoms with E-state index in [0.29, 0.717) is 0 Å². The van der Waals surface area contributed by atoms with Crippen LogP contribution >= 0.6 is 23.4 Å². The number of rotatable bonds is 10. The zero-order valence-corrected chi connectivity index (χ0v) is 17.0. The number of halogens is 1. The number of aliphatic imine (C=N–C) groups is 1. The Morgan fingerprint density at radius 1 is 1.31 bits per heavy atom. The van der Waals surface area contributed by atoms with Gasteiger partial charge in [0.1, 0.15) is 12.2 Å². The van der Waals surface area contributed by atoms with Gasteiger partial charge in [0.25, 0.3) is 0 Å². The first-order valence-corrected chi connectivity index (χ1v) is 10.6. The average Bonchev–Trinajstić information content (AvgIpc) is 3.09. The molecule has 0 radical (unpaired) electrons. The summed E-state index contributed by atoms with van der Waals surface area (Å²) in [6.07, 6.45) is 5.65. The zero-order chi connectivity index (χ0) is 18.6. The Hall–Kier alpha value is -1.73. The van der Waals surface area contributed by atoms with Crippen molar-refractivity contribution in [2.24, 2.45) is 4.99 Å². The molecule has 0 aliphatic carbocycles. The second-order valence-electron chi connectivity index (χ2n) is 5.75. The molecule has 1 aromatic carbocycles. The average molecular weight is 395 g/mol. The summed E-state index contributed by atoms with van der Waals surface area (Å²) < 4.78 is 2.07. The summed E-state index contributed by atoms with van der Waals surface area (Å²) in [5, 5.41) is 15.6. The summed E-state index contributed by atoms with van der Waals surface area (Å²) in [4.78, 5) is 4.63. The van der Waals surface area contributed by atoms with Gasteiger partial charge in [-0.15, -0.1) is 10.2 Å². The summed E-state index contributed by atoms with van der Waals surface area (Å²) in [5.41, 5.74) is 1.21. The van der Waals surface area contributed by atoms with E-state index in [0.717, 1.165) is 61.6 Å². The number of hydrogen-bond acceptors (Lipinski definition) is 4. The minimum atomic E-state index is 0.771. The molecule has 0 aliphatic heterocycles. The minimum absolute atomic E-state index is 0.771. The van der Waals surface area contributed by atoms with Crippen molar-refractivity contribution in [3.63, 3.8) is 0 Å². The standard InChI is InChI=1S/C18H27ClN6S/c1-3-17-24-23-14-25(17)11-9-21-18(22-10-12-26-2)20-8-7-15-5-4-6-16(19)13-15/h4-6,13-14H,3,7-12H2,1-2H3,(H2,20,21,22). The van der Waals surface area contributed by atoms with E-state index in [1.165, 1.54) is 5.56 Å². The number of aryl methyl sites for hydroxylation is 1. The molecule has 0 fully saturated rings. The lowest BCUT2D eigenvalue weighted by molar-refractivity contribution is 0.632. The van der Waals surface area contributed by atoms with E-state index < -0.39 is 0 Å². The Morgan fingerprint density at radius 3 is 2.92 bits per heavy atom. The van der Waals surface area contributed by atoms with E-state index in [1.807, 2.05) is 18.2 Å². The molecular weight excluding hydrogens is 368 g/mol. The van der Waals surface area contributed by atoms with Crippen LogP contribution in [0.25, 0.3) is 0 Å². The van der Waals surface area contributed by atoms with Gasteiger partial charge in [-0.2, -0.15) is 11.8 Å². The van der Waals surface area contributed by atoms with E-state index in [1.54, 1.807) is 18.1 Å². The van der Waals surface area contributed by atoms with E-state index in [2.05, 4.69) is 49.6 Å². The van der Waals surface area contributed by atoms with Crippen LogP contribution in [0.5, 0.6) is 0 Å². The molecule has 6 nitrogen and oxygen atoms in total. The highest BCUT2D eigenvalue weighted by Crippen LogP contribution is 2.10. The fraction of sp³-hybridized carbons (Fsp3) is 0.500. The lowest BCUT2D eigenvalue weighted by atomic mass is 10.1. The van der Waals surface area contributed by atoms with Gasteiger partial charge < -0.3 is 15.2 Å². The first-order valence-electron chi connectivity index (χ1n) is 8.85. The summed E-state index contributed by atoms with van der Waals surface area (Å²) in [5.74, 6) is 2.85. The highest BCUT2D eigenvalue weighted by Gasteiger charge is 2.03. The normalized spacial score (nSPS) is 11.6. The molecule has 0 saturated carbocycles. The van der Waals surface area contributed by atoms with Gasteiger partial charge in [-0.3, -0.25) is 4.99 Å². The Balaban J connectivity index is 1.81. The first-order chi connectivity index (χ1) is 12.7. The summed E-state index contributed by atoms with van der Waals surface area (Å²) in [7, 11) is 0. The summed E-state index contributed by atoms with van der Waals surface area (Å²) in [6.45, 7) is 5.26. The number of guanidine groups is 1. The van der Waals surface area contributed by atoms with Crippen LogP contribution in [0.3, 0.4) is 0 Å². The molecule has 26 heavy (non-hydrogen) atoms. The second-order valence-corrected chi connectivity index (χ2v) is 7.17. The van der Waals surface area contributed by atoms with Gasteiger partial charge in [0.15, 0.2) is 5.96 Å². The number of benzene rings is 1. The molecule has 1 heterocycles. The lowest BCUT2D eigenvalue weighted by Gasteiger charge is -2.13. The Kier molecular flexibility index (Phi) is 9.34. The topological polar surface area (TPSA) is 67.1 Å². The molecule has 0 atom stereocenters. The molecule has 2 rings (SSSR count). The quantitative estimate of drug-likeness (QED) is 0.368.